The minimum atomic E-state index is -1.88. The maximum absolute atomic E-state index is 14.8. The average molecular weight is 431 g/mol. The lowest BCUT2D eigenvalue weighted by molar-refractivity contribution is 0.241. The zero-order valence-electron chi connectivity index (χ0n) is 17.0. The Kier molecular flexibility index (Phi) is 7.16. The van der Waals surface area contributed by atoms with Crippen LogP contribution in [-0.2, 0) is 6.42 Å². The van der Waals surface area contributed by atoms with E-state index in [1.165, 1.54) is 18.2 Å². The first-order chi connectivity index (χ1) is 14.3. The molecule has 7 heteroatoms. The molecule has 0 saturated heterocycles. The molecule has 0 spiro atoms. The quantitative estimate of drug-likeness (QED) is 0.322. The van der Waals surface area contributed by atoms with Gasteiger partial charge in [-0.15, -0.1) is 0 Å². The molecule has 3 rings (SSSR count). The molecule has 1 atom stereocenters. The lowest BCUT2D eigenvalue weighted by Gasteiger charge is -2.16. The van der Waals surface area contributed by atoms with E-state index in [9.17, 15) is 13.7 Å². The Morgan fingerprint density at radius 3 is 2.23 bits per heavy atom. The van der Waals surface area contributed by atoms with E-state index in [0.29, 0.717) is 33.3 Å². The molecule has 3 N–H and O–H groups in total. The summed E-state index contributed by atoms with van der Waals surface area (Å²) in [5.41, 5.74) is 3.05. The molecule has 4 nitrogen and oxygen atoms in total. The largest absolute Gasteiger partial charge is 0.454 e. The van der Waals surface area contributed by atoms with Gasteiger partial charge in [0.25, 0.3) is 0 Å². The Labute approximate surface area is 176 Å². The average Bonchev–Trinajstić information content (AvgIpc) is 2.71. The first kappa shape index (κ1) is 22.3. The molecule has 30 heavy (non-hydrogen) atoms. The number of ether oxygens (including phenoxy) is 1. The number of nitrogens with one attached hydrogen (secondary N) is 1. The maximum Gasteiger partial charge on any atom is 0.166 e. The molecule has 0 radical (unpaired) electrons. The molecule has 158 valence electrons. The zero-order valence-corrected chi connectivity index (χ0v) is 17.9. The topological polar surface area (TPSA) is 61.7 Å². The Morgan fingerprint density at radius 2 is 1.67 bits per heavy atom. The monoisotopic (exact) mass is 431 g/mol. The highest BCUT2D eigenvalue weighted by Crippen LogP contribution is 2.35. The third kappa shape index (κ3) is 4.85. The van der Waals surface area contributed by atoms with Gasteiger partial charge in [-0.25, -0.2) is 8.78 Å². The summed E-state index contributed by atoms with van der Waals surface area (Å²) in [6.07, 6.45) is 1.72. The van der Waals surface area contributed by atoms with Gasteiger partial charge in [0.1, 0.15) is 11.6 Å². The van der Waals surface area contributed by atoms with Crippen molar-refractivity contribution in [2.24, 2.45) is 0 Å². The molecule has 0 heterocycles. The molecule has 0 bridgehead atoms. The van der Waals surface area contributed by atoms with E-state index in [2.05, 4.69) is 0 Å². The van der Waals surface area contributed by atoms with Crippen molar-refractivity contribution in [1.82, 2.24) is 5.25 Å². The van der Waals surface area contributed by atoms with Crippen molar-refractivity contribution < 1.29 is 23.6 Å². The van der Waals surface area contributed by atoms with Crippen molar-refractivity contribution >= 4 is 13.6 Å². The normalized spacial score (nSPS) is 12.1. The van der Waals surface area contributed by atoms with E-state index in [4.69, 9.17) is 9.94 Å². The van der Waals surface area contributed by atoms with Crippen LogP contribution >= 0.6 is 8.30 Å². The van der Waals surface area contributed by atoms with Gasteiger partial charge in [0.15, 0.2) is 19.9 Å². The molecular formula is C23H24F2NO3P. The van der Waals surface area contributed by atoms with Crippen LogP contribution in [0.3, 0.4) is 0 Å². The van der Waals surface area contributed by atoms with Crippen LogP contribution in [0.15, 0.2) is 48.5 Å². The standard InChI is InChI=1S/C23H24F2NO3P/c1-4-5-16-6-8-19(20(24)12-16)17-7-9-22(21(25)13-17)29-23-14(2)10-18(11-15(23)3)30(28)26-27/h6-13,26-28H,4-5H2,1-3H3. The molecule has 3 aromatic rings. The van der Waals surface area contributed by atoms with E-state index in [1.54, 1.807) is 38.1 Å². The van der Waals surface area contributed by atoms with Gasteiger partial charge in [-0.2, -0.15) is 5.25 Å². The Balaban J connectivity index is 1.88. The fourth-order valence-electron chi connectivity index (χ4n) is 3.37. The summed E-state index contributed by atoms with van der Waals surface area (Å²) in [6.45, 7) is 5.57. The Hall–Kier alpha value is -2.37. The fourth-order valence-corrected chi connectivity index (χ4v) is 4.11. The Morgan fingerprint density at radius 1 is 0.967 bits per heavy atom. The van der Waals surface area contributed by atoms with Gasteiger partial charge in [-0.1, -0.05) is 31.5 Å². The third-order valence-electron chi connectivity index (χ3n) is 4.81. The van der Waals surface area contributed by atoms with Crippen LogP contribution in [0.25, 0.3) is 11.1 Å². The van der Waals surface area contributed by atoms with Crippen molar-refractivity contribution in [1.29, 1.82) is 0 Å². The molecule has 1 unspecified atom stereocenters. The summed E-state index contributed by atoms with van der Waals surface area (Å²) >= 11 is 0. The molecule has 0 amide bonds. The van der Waals surface area contributed by atoms with E-state index in [1.807, 2.05) is 18.2 Å². The minimum absolute atomic E-state index is 0.0206. The number of halogens is 2. The van der Waals surface area contributed by atoms with Gasteiger partial charge in [0.2, 0.25) is 0 Å². The number of hydrogen-bond donors (Lipinski definition) is 3. The van der Waals surface area contributed by atoms with Gasteiger partial charge in [0.05, 0.1) is 0 Å². The van der Waals surface area contributed by atoms with Crippen LogP contribution in [0.5, 0.6) is 11.5 Å². The molecule has 0 aromatic heterocycles. The maximum atomic E-state index is 14.8. The smallest absolute Gasteiger partial charge is 0.166 e. The second kappa shape index (κ2) is 9.63. The van der Waals surface area contributed by atoms with Gasteiger partial charge < -0.3 is 14.8 Å². The van der Waals surface area contributed by atoms with E-state index in [-0.39, 0.29) is 11.6 Å². The second-order valence-electron chi connectivity index (χ2n) is 7.13. The predicted molar refractivity (Wildman–Crippen MR) is 115 cm³/mol. The third-order valence-corrected chi connectivity index (χ3v) is 5.75. The molecule has 0 aliphatic rings. The zero-order chi connectivity index (χ0) is 21.8. The van der Waals surface area contributed by atoms with Crippen molar-refractivity contribution in [3.8, 4) is 22.6 Å². The lowest BCUT2D eigenvalue weighted by Crippen LogP contribution is -2.12. The first-order valence-electron chi connectivity index (χ1n) is 9.60. The van der Waals surface area contributed by atoms with Gasteiger partial charge >= 0.3 is 0 Å². The summed E-state index contributed by atoms with van der Waals surface area (Å²) in [5.74, 6) is -0.503. The highest BCUT2D eigenvalue weighted by atomic mass is 31.2. The number of hydrogen-bond acceptors (Lipinski definition) is 4. The SMILES string of the molecule is CCCc1ccc(-c2ccc(Oc3c(C)cc(P(O)NO)cc3C)c(F)c2)c(F)c1. The molecule has 3 aromatic carbocycles. The van der Waals surface area contributed by atoms with Crippen molar-refractivity contribution in [2.75, 3.05) is 0 Å². The van der Waals surface area contributed by atoms with E-state index >= 15 is 0 Å². The van der Waals surface area contributed by atoms with Gasteiger partial charge in [-0.05, 0) is 72.9 Å². The van der Waals surface area contributed by atoms with E-state index in [0.717, 1.165) is 18.4 Å². The Bertz CT molecular complexity index is 1040. The highest BCUT2D eigenvalue weighted by Gasteiger charge is 2.16. The van der Waals surface area contributed by atoms with E-state index < -0.39 is 14.1 Å². The summed E-state index contributed by atoms with van der Waals surface area (Å²) in [4.78, 5) is 9.78. The van der Waals surface area contributed by atoms with Crippen LogP contribution in [0.4, 0.5) is 8.78 Å². The van der Waals surface area contributed by atoms with Crippen LogP contribution < -0.4 is 15.3 Å². The minimum Gasteiger partial charge on any atom is -0.454 e. The molecule has 0 aliphatic heterocycles. The van der Waals surface area contributed by atoms with Crippen LogP contribution in [0.1, 0.15) is 30.0 Å². The van der Waals surface area contributed by atoms with Crippen molar-refractivity contribution in [3.63, 3.8) is 0 Å². The van der Waals surface area contributed by atoms with Crippen molar-refractivity contribution in [2.45, 2.75) is 33.6 Å². The van der Waals surface area contributed by atoms with Gasteiger partial charge in [-0.3, -0.25) is 0 Å². The number of aryl methyl sites for hydroxylation is 3. The van der Waals surface area contributed by atoms with Crippen LogP contribution in [0, 0.1) is 25.5 Å². The summed E-state index contributed by atoms with van der Waals surface area (Å²) in [7, 11) is -1.88. The van der Waals surface area contributed by atoms with Gasteiger partial charge in [0, 0.05) is 10.9 Å². The van der Waals surface area contributed by atoms with Crippen molar-refractivity contribution in [3.05, 3.63) is 76.9 Å². The summed E-state index contributed by atoms with van der Waals surface area (Å²) < 4.78 is 35.0. The van der Waals surface area contributed by atoms with Crippen LogP contribution in [-0.4, -0.2) is 10.1 Å². The summed E-state index contributed by atoms with van der Waals surface area (Å²) in [6, 6.07) is 12.7. The molecule has 0 aliphatic carbocycles. The predicted octanol–water partition coefficient (Wildman–Crippen LogP) is 5.90. The highest BCUT2D eigenvalue weighted by molar-refractivity contribution is 7.57. The molecule has 0 fully saturated rings. The second-order valence-corrected chi connectivity index (χ2v) is 8.47. The molecule has 0 saturated carbocycles. The first-order valence-corrected chi connectivity index (χ1v) is 10.9. The number of rotatable bonds is 7. The summed E-state index contributed by atoms with van der Waals surface area (Å²) in [5, 5.41) is 11.3. The number of benzene rings is 3. The van der Waals surface area contributed by atoms with Crippen LogP contribution in [0.2, 0.25) is 0 Å². The lowest BCUT2D eigenvalue weighted by atomic mass is 10.0. The fraction of sp³-hybridized carbons (Fsp3) is 0.217. The molecular weight excluding hydrogens is 407 g/mol.